The first kappa shape index (κ1) is 17.7. The zero-order chi connectivity index (χ0) is 20.1. The van der Waals surface area contributed by atoms with Crippen molar-refractivity contribution in [1.82, 2.24) is 0 Å². The largest absolute Gasteiger partial charge is 0.467 e. The number of carbonyl (C=O) groups is 2. The van der Waals surface area contributed by atoms with Crippen LogP contribution >= 0.6 is 0 Å². The summed E-state index contributed by atoms with van der Waals surface area (Å²) < 4.78 is 5.65. The Morgan fingerprint density at radius 1 is 0.862 bits per heavy atom. The van der Waals surface area contributed by atoms with E-state index < -0.39 is 18.1 Å². The summed E-state index contributed by atoms with van der Waals surface area (Å²) in [7, 11) is 0. The van der Waals surface area contributed by atoms with Gasteiger partial charge in [0.15, 0.2) is 6.10 Å². The van der Waals surface area contributed by atoms with E-state index in [1.165, 1.54) is 4.90 Å². The van der Waals surface area contributed by atoms with E-state index in [1.807, 2.05) is 56.3 Å². The molecule has 0 unspecified atom stereocenters. The number of fused-ring (bicyclic) bond motifs is 1. The van der Waals surface area contributed by atoms with E-state index in [0.29, 0.717) is 11.4 Å². The molecular formula is C23H20N2O4. The maximum absolute atomic E-state index is 13.4. The van der Waals surface area contributed by atoms with Gasteiger partial charge in [0.1, 0.15) is 17.7 Å². The van der Waals surface area contributed by atoms with Crippen LogP contribution in [0, 0.1) is 19.8 Å². The van der Waals surface area contributed by atoms with E-state index in [0.717, 1.165) is 16.8 Å². The Morgan fingerprint density at radius 2 is 1.62 bits per heavy atom. The van der Waals surface area contributed by atoms with Crippen LogP contribution in [0.1, 0.15) is 22.9 Å². The number of para-hydroxylation sites is 1. The number of imide groups is 1. The van der Waals surface area contributed by atoms with Crippen molar-refractivity contribution < 1.29 is 18.8 Å². The Bertz CT molecular complexity index is 1070. The lowest BCUT2D eigenvalue weighted by molar-refractivity contribution is -0.126. The molecule has 0 N–H and O–H groups in total. The lowest BCUT2D eigenvalue weighted by atomic mass is 9.94. The first-order valence-corrected chi connectivity index (χ1v) is 9.56. The predicted octanol–water partition coefficient (Wildman–Crippen LogP) is 3.95. The summed E-state index contributed by atoms with van der Waals surface area (Å²) >= 11 is 0. The fourth-order valence-electron chi connectivity index (χ4n) is 4.13. The van der Waals surface area contributed by atoms with Gasteiger partial charge in [0.2, 0.25) is 5.91 Å². The van der Waals surface area contributed by atoms with Crippen molar-refractivity contribution in [2.24, 2.45) is 5.92 Å². The van der Waals surface area contributed by atoms with Gasteiger partial charge in [-0.2, -0.15) is 0 Å². The number of anilines is 2. The molecule has 29 heavy (non-hydrogen) atoms. The van der Waals surface area contributed by atoms with Crippen LogP contribution < -0.4 is 9.96 Å². The topological polar surface area (TPSA) is 63.0 Å². The monoisotopic (exact) mass is 388 g/mol. The van der Waals surface area contributed by atoms with E-state index in [1.54, 1.807) is 29.5 Å². The molecule has 2 aliphatic rings. The lowest BCUT2D eigenvalue weighted by Gasteiger charge is -2.28. The number of aryl methyl sites for hydroxylation is 2. The molecule has 2 fully saturated rings. The van der Waals surface area contributed by atoms with Gasteiger partial charge in [-0.1, -0.05) is 35.9 Å². The van der Waals surface area contributed by atoms with E-state index >= 15 is 0 Å². The number of nitrogens with zero attached hydrogens (tertiary/aromatic N) is 2. The van der Waals surface area contributed by atoms with Crippen molar-refractivity contribution in [3.05, 3.63) is 83.8 Å². The van der Waals surface area contributed by atoms with E-state index in [9.17, 15) is 9.59 Å². The molecule has 0 bridgehead atoms. The third-order valence-electron chi connectivity index (χ3n) is 5.60. The molecule has 3 aromatic rings. The van der Waals surface area contributed by atoms with Gasteiger partial charge >= 0.3 is 0 Å². The molecule has 2 aliphatic heterocycles. The number of carbonyl (C=O) groups excluding carboxylic acids is 2. The van der Waals surface area contributed by atoms with Crippen LogP contribution in [0.25, 0.3) is 0 Å². The molecule has 2 aromatic carbocycles. The SMILES string of the molecule is Cc1ccc(N2C(=O)[C@H]3[C@H](ON(c4ccccc4C)[C@@H]3c3ccco3)C2=O)cc1. The van der Waals surface area contributed by atoms with Crippen molar-refractivity contribution in [1.29, 1.82) is 0 Å². The Hall–Kier alpha value is -3.38. The smallest absolute Gasteiger partial charge is 0.266 e. The third-order valence-corrected chi connectivity index (χ3v) is 5.60. The molecule has 1 aromatic heterocycles. The van der Waals surface area contributed by atoms with Gasteiger partial charge < -0.3 is 4.42 Å². The summed E-state index contributed by atoms with van der Waals surface area (Å²) in [4.78, 5) is 33.9. The van der Waals surface area contributed by atoms with Crippen molar-refractivity contribution in [2.45, 2.75) is 26.0 Å². The minimum Gasteiger partial charge on any atom is -0.467 e. The first-order chi connectivity index (χ1) is 14.1. The number of amides is 2. The number of benzene rings is 2. The number of hydrogen-bond acceptors (Lipinski definition) is 5. The fraction of sp³-hybridized carbons (Fsp3) is 0.217. The summed E-state index contributed by atoms with van der Waals surface area (Å²) in [5.41, 5.74) is 3.41. The highest BCUT2D eigenvalue weighted by atomic mass is 16.7. The molecule has 0 aliphatic carbocycles. The number of hydroxylamine groups is 1. The molecule has 3 heterocycles. The maximum atomic E-state index is 13.4. The zero-order valence-electron chi connectivity index (χ0n) is 16.1. The van der Waals surface area contributed by atoms with Gasteiger partial charge in [-0.15, -0.1) is 0 Å². The van der Waals surface area contributed by atoms with Crippen molar-refractivity contribution in [3.8, 4) is 0 Å². The minimum atomic E-state index is -0.890. The Balaban J connectivity index is 1.58. The van der Waals surface area contributed by atoms with Crippen molar-refractivity contribution in [3.63, 3.8) is 0 Å². The third kappa shape index (κ3) is 2.68. The molecule has 0 radical (unpaired) electrons. The normalized spacial score (nSPS) is 23.7. The fourth-order valence-corrected chi connectivity index (χ4v) is 4.13. The average Bonchev–Trinajstić information content (AvgIpc) is 3.41. The summed E-state index contributed by atoms with van der Waals surface area (Å²) in [6, 6.07) is 18.1. The minimum absolute atomic E-state index is 0.277. The van der Waals surface area contributed by atoms with Gasteiger partial charge in [0.05, 0.1) is 17.6 Å². The Kier molecular flexibility index (Phi) is 4.03. The van der Waals surface area contributed by atoms with E-state index in [2.05, 4.69) is 0 Å². The average molecular weight is 388 g/mol. The Labute approximate surface area is 168 Å². The van der Waals surface area contributed by atoms with Crippen molar-refractivity contribution >= 4 is 23.2 Å². The second-order valence-corrected chi connectivity index (χ2v) is 7.47. The van der Waals surface area contributed by atoms with E-state index in [-0.39, 0.29) is 11.8 Å². The predicted molar refractivity (Wildman–Crippen MR) is 107 cm³/mol. The second-order valence-electron chi connectivity index (χ2n) is 7.47. The van der Waals surface area contributed by atoms with Gasteiger partial charge in [0, 0.05) is 0 Å². The molecule has 6 heteroatoms. The highest BCUT2D eigenvalue weighted by Gasteiger charge is 2.61. The standard InChI is InChI=1S/C23H20N2O4/c1-14-9-11-16(12-10-14)24-22(26)19-20(18-8-5-13-28-18)25(29-21(19)23(24)27)17-7-4-3-6-15(17)2/h3-13,19-21H,1-2H3/t19-,20-,21+/m1/s1. The van der Waals surface area contributed by atoms with Crippen LogP contribution in [0.5, 0.6) is 0 Å². The van der Waals surface area contributed by atoms with Gasteiger partial charge in [-0.05, 0) is 49.7 Å². The van der Waals surface area contributed by atoms with Crippen LogP contribution in [0.4, 0.5) is 11.4 Å². The maximum Gasteiger partial charge on any atom is 0.266 e. The molecule has 146 valence electrons. The number of furan rings is 1. The quantitative estimate of drug-likeness (QED) is 0.636. The molecule has 2 saturated heterocycles. The van der Waals surface area contributed by atoms with E-state index in [4.69, 9.17) is 9.25 Å². The molecule has 6 nitrogen and oxygen atoms in total. The summed E-state index contributed by atoms with van der Waals surface area (Å²) in [6.45, 7) is 3.93. The highest BCUT2D eigenvalue weighted by Crippen LogP contribution is 2.48. The van der Waals surface area contributed by atoms with Crippen LogP contribution in [0.3, 0.4) is 0 Å². The number of hydrogen-bond donors (Lipinski definition) is 0. The molecule has 0 saturated carbocycles. The first-order valence-electron chi connectivity index (χ1n) is 9.56. The van der Waals surface area contributed by atoms with Gasteiger partial charge in [0.25, 0.3) is 5.91 Å². The molecular weight excluding hydrogens is 368 g/mol. The molecule has 2 amide bonds. The summed E-state index contributed by atoms with van der Waals surface area (Å²) in [5, 5.41) is 1.66. The summed E-state index contributed by atoms with van der Waals surface area (Å²) in [5.74, 6) is -0.722. The second kappa shape index (κ2) is 6.60. The lowest BCUT2D eigenvalue weighted by Crippen LogP contribution is -2.37. The Morgan fingerprint density at radius 3 is 2.31 bits per heavy atom. The van der Waals surface area contributed by atoms with Gasteiger partial charge in [-0.3, -0.25) is 14.4 Å². The molecule has 5 rings (SSSR count). The zero-order valence-corrected chi connectivity index (χ0v) is 16.1. The highest BCUT2D eigenvalue weighted by molar-refractivity contribution is 6.23. The van der Waals surface area contributed by atoms with Crippen LogP contribution in [-0.4, -0.2) is 17.9 Å². The summed E-state index contributed by atoms with van der Waals surface area (Å²) in [6.07, 6.45) is 0.677. The van der Waals surface area contributed by atoms with Crippen LogP contribution in [-0.2, 0) is 14.4 Å². The number of rotatable bonds is 3. The molecule has 0 spiro atoms. The molecule has 3 atom stereocenters. The van der Waals surface area contributed by atoms with Crippen molar-refractivity contribution in [2.75, 3.05) is 9.96 Å². The van der Waals surface area contributed by atoms with Gasteiger partial charge in [-0.25, -0.2) is 9.96 Å². The van der Waals surface area contributed by atoms with Crippen LogP contribution in [0.2, 0.25) is 0 Å². The van der Waals surface area contributed by atoms with Crippen LogP contribution in [0.15, 0.2) is 71.3 Å².